The van der Waals surface area contributed by atoms with Crippen LogP contribution in [0.4, 0.5) is 0 Å². The number of nitrogens with one attached hydrogen (secondary N) is 1. The van der Waals surface area contributed by atoms with Gasteiger partial charge in [-0.2, -0.15) is 11.8 Å². The quantitative estimate of drug-likeness (QED) is 0.818. The first kappa shape index (κ1) is 18.8. The Hall–Kier alpha value is -2.02. The van der Waals surface area contributed by atoms with Gasteiger partial charge in [0.1, 0.15) is 5.54 Å². The van der Waals surface area contributed by atoms with Crippen molar-refractivity contribution in [3.63, 3.8) is 0 Å². The molecule has 0 aromatic heterocycles. The molecular formula is C19H24N2O4S. The van der Waals surface area contributed by atoms with Crippen molar-refractivity contribution < 1.29 is 19.5 Å². The van der Waals surface area contributed by atoms with Crippen molar-refractivity contribution in [2.45, 2.75) is 38.3 Å². The van der Waals surface area contributed by atoms with Crippen molar-refractivity contribution >= 4 is 29.5 Å². The minimum Gasteiger partial charge on any atom is -0.480 e. The maximum absolute atomic E-state index is 12.7. The van der Waals surface area contributed by atoms with E-state index < -0.39 is 17.4 Å². The van der Waals surface area contributed by atoms with Gasteiger partial charge in [0.15, 0.2) is 0 Å². The Morgan fingerprint density at radius 1 is 1.27 bits per heavy atom. The lowest BCUT2D eigenvalue weighted by Gasteiger charge is -2.34. The second-order valence-corrected chi connectivity index (χ2v) is 8.37. The number of aliphatic carboxylic acids is 1. The number of benzene rings is 1. The highest BCUT2D eigenvalue weighted by Crippen LogP contribution is 2.29. The molecule has 2 fully saturated rings. The topological polar surface area (TPSA) is 86.7 Å². The van der Waals surface area contributed by atoms with Gasteiger partial charge in [0, 0.05) is 19.5 Å². The lowest BCUT2D eigenvalue weighted by Crippen LogP contribution is -2.58. The molecule has 7 heteroatoms. The van der Waals surface area contributed by atoms with E-state index in [9.17, 15) is 19.5 Å². The number of carbonyl (C=O) groups excluding carboxylic acids is 2. The number of hydrogen-bond donors (Lipinski definition) is 2. The molecule has 2 aliphatic heterocycles. The third kappa shape index (κ3) is 4.03. The number of likely N-dealkylation sites (tertiary alicyclic amines) is 1. The Kier molecular flexibility index (Phi) is 5.55. The summed E-state index contributed by atoms with van der Waals surface area (Å²) in [5.74, 6) is -0.412. The molecule has 1 atom stereocenters. The van der Waals surface area contributed by atoms with E-state index in [1.54, 1.807) is 16.7 Å². The maximum atomic E-state index is 12.7. The summed E-state index contributed by atoms with van der Waals surface area (Å²) < 4.78 is 0. The van der Waals surface area contributed by atoms with Gasteiger partial charge in [-0.1, -0.05) is 29.8 Å². The van der Waals surface area contributed by atoms with Gasteiger partial charge < -0.3 is 15.3 Å². The SMILES string of the molecule is Cc1ccc(CN2CC(C(=O)NC3(C(=O)O)CCSCC3)CC2=O)cc1. The van der Waals surface area contributed by atoms with Crippen LogP contribution in [0.3, 0.4) is 0 Å². The monoisotopic (exact) mass is 376 g/mol. The average molecular weight is 376 g/mol. The van der Waals surface area contributed by atoms with Crippen molar-refractivity contribution in [2.75, 3.05) is 18.1 Å². The van der Waals surface area contributed by atoms with Gasteiger partial charge in [-0.15, -0.1) is 0 Å². The fraction of sp³-hybridized carbons (Fsp3) is 0.526. The Morgan fingerprint density at radius 2 is 1.92 bits per heavy atom. The summed E-state index contributed by atoms with van der Waals surface area (Å²) in [7, 11) is 0. The van der Waals surface area contributed by atoms with Gasteiger partial charge in [-0.3, -0.25) is 9.59 Å². The highest BCUT2D eigenvalue weighted by Gasteiger charge is 2.44. The van der Waals surface area contributed by atoms with Crippen LogP contribution >= 0.6 is 11.8 Å². The predicted molar refractivity (Wildman–Crippen MR) is 99.8 cm³/mol. The molecule has 2 N–H and O–H groups in total. The van der Waals surface area contributed by atoms with Crippen LogP contribution in [0.15, 0.2) is 24.3 Å². The van der Waals surface area contributed by atoms with Crippen LogP contribution in [-0.4, -0.2) is 51.4 Å². The number of carboxylic acid groups (broad SMARTS) is 1. The van der Waals surface area contributed by atoms with Crippen LogP contribution in [0.5, 0.6) is 0 Å². The number of hydrogen-bond acceptors (Lipinski definition) is 4. The van der Waals surface area contributed by atoms with Crippen LogP contribution < -0.4 is 5.32 Å². The lowest BCUT2D eigenvalue weighted by molar-refractivity contribution is -0.148. The zero-order valence-electron chi connectivity index (χ0n) is 14.9. The fourth-order valence-electron chi connectivity index (χ4n) is 3.46. The van der Waals surface area contributed by atoms with E-state index in [2.05, 4.69) is 5.32 Å². The van der Waals surface area contributed by atoms with Crippen LogP contribution in [-0.2, 0) is 20.9 Å². The van der Waals surface area contributed by atoms with Gasteiger partial charge >= 0.3 is 5.97 Å². The van der Waals surface area contributed by atoms with Crippen LogP contribution in [0.2, 0.25) is 0 Å². The van der Waals surface area contributed by atoms with Crippen molar-refractivity contribution in [3.8, 4) is 0 Å². The van der Waals surface area contributed by atoms with E-state index >= 15 is 0 Å². The zero-order chi connectivity index (χ0) is 18.7. The molecule has 0 aliphatic carbocycles. The molecule has 0 spiro atoms. The average Bonchev–Trinajstić information content (AvgIpc) is 2.98. The fourth-order valence-corrected chi connectivity index (χ4v) is 4.65. The summed E-state index contributed by atoms with van der Waals surface area (Å²) >= 11 is 1.70. The van der Waals surface area contributed by atoms with Gasteiger partial charge in [-0.05, 0) is 36.8 Å². The Bertz CT molecular complexity index is 698. The van der Waals surface area contributed by atoms with E-state index in [1.807, 2.05) is 31.2 Å². The lowest BCUT2D eigenvalue weighted by atomic mass is 9.91. The number of carbonyl (C=O) groups is 3. The molecule has 140 valence electrons. The highest BCUT2D eigenvalue weighted by atomic mass is 32.2. The summed E-state index contributed by atoms with van der Waals surface area (Å²) in [6.45, 7) is 2.82. The first-order valence-corrected chi connectivity index (χ1v) is 10.0. The second-order valence-electron chi connectivity index (χ2n) is 7.15. The zero-order valence-corrected chi connectivity index (χ0v) is 15.7. The first-order valence-electron chi connectivity index (χ1n) is 8.86. The molecule has 2 amide bonds. The number of carboxylic acids is 1. The number of aryl methyl sites for hydroxylation is 1. The number of amides is 2. The highest BCUT2D eigenvalue weighted by molar-refractivity contribution is 7.99. The van der Waals surface area contributed by atoms with Gasteiger partial charge in [0.2, 0.25) is 11.8 Å². The summed E-state index contributed by atoms with van der Waals surface area (Å²) in [5.41, 5.74) is 0.996. The summed E-state index contributed by atoms with van der Waals surface area (Å²) in [6, 6.07) is 7.96. The smallest absolute Gasteiger partial charge is 0.329 e. The number of rotatable bonds is 5. The van der Waals surface area contributed by atoms with Gasteiger partial charge in [-0.25, -0.2) is 4.79 Å². The summed E-state index contributed by atoms with van der Waals surface area (Å²) in [6.07, 6.45) is 0.987. The molecule has 1 aromatic carbocycles. The van der Waals surface area contributed by atoms with Crippen LogP contribution in [0, 0.1) is 12.8 Å². The summed E-state index contributed by atoms with van der Waals surface area (Å²) in [4.78, 5) is 38.3. The molecule has 1 aromatic rings. The number of thioether (sulfide) groups is 1. The van der Waals surface area contributed by atoms with Crippen molar-refractivity contribution in [2.24, 2.45) is 5.92 Å². The molecule has 0 saturated carbocycles. The molecule has 6 nitrogen and oxygen atoms in total. The molecule has 26 heavy (non-hydrogen) atoms. The van der Waals surface area contributed by atoms with E-state index in [0.717, 1.165) is 22.6 Å². The third-order valence-electron chi connectivity index (χ3n) is 5.20. The predicted octanol–water partition coefficient (Wildman–Crippen LogP) is 1.81. The van der Waals surface area contributed by atoms with E-state index in [-0.39, 0.29) is 18.2 Å². The van der Waals surface area contributed by atoms with E-state index in [1.165, 1.54) is 0 Å². The van der Waals surface area contributed by atoms with Crippen molar-refractivity contribution in [1.82, 2.24) is 10.2 Å². The Morgan fingerprint density at radius 3 is 2.54 bits per heavy atom. The molecule has 0 radical (unpaired) electrons. The third-order valence-corrected chi connectivity index (χ3v) is 6.18. The second kappa shape index (κ2) is 7.70. The molecule has 2 saturated heterocycles. The van der Waals surface area contributed by atoms with Crippen molar-refractivity contribution in [1.29, 1.82) is 0 Å². The van der Waals surface area contributed by atoms with Gasteiger partial charge in [0.25, 0.3) is 0 Å². The number of nitrogens with zero attached hydrogens (tertiary/aromatic N) is 1. The standard InChI is InChI=1S/C19H24N2O4S/c1-13-2-4-14(5-3-13)11-21-12-15(10-16(21)22)17(23)20-19(18(24)25)6-8-26-9-7-19/h2-5,15H,6-12H2,1H3,(H,20,23)(H,24,25). The molecule has 1 unspecified atom stereocenters. The molecular weight excluding hydrogens is 352 g/mol. The minimum absolute atomic E-state index is 0.0608. The van der Waals surface area contributed by atoms with Crippen LogP contribution in [0.1, 0.15) is 30.4 Å². The maximum Gasteiger partial charge on any atom is 0.329 e. The van der Waals surface area contributed by atoms with Crippen LogP contribution in [0.25, 0.3) is 0 Å². The molecule has 0 bridgehead atoms. The molecule has 3 rings (SSSR count). The molecule has 2 heterocycles. The molecule has 2 aliphatic rings. The first-order chi connectivity index (χ1) is 12.4. The van der Waals surface area contributed by atoms with Gasteiger partial charge in [0.05, 0.1) is 5.92 Å². The normalized spacial score (nSPS) is 22.3. The largest absolute Gasteiger partial charge is 0.480 e. The Balaban J connectivity index is 1.63. The van der Waals surface area contributed by atoms with E-state index in [0.29, 0.717) is 25.9 Å². The van der Waals surface area contributed by atoms with E-state index in [4.69, 9.17) is 0 Å². The summed E-state index contributed by atoms with van der Waals surface area (Å²) in [5, 5.41) is 12.4. The van der Waals surface area contributed by atoms with Crippen molar-refractivity contribution in [3.05, 3.63) is 35.4 Å². The minimum atomic E-state index is -1.18. The Labute approximate surface area is 157 Å².